The Labute approximate surface area is 169 Å². The third-order valence-corrected chi connectivity index (χ3v) is 5.67. The van der Waals surface area contributed by atoms with Crippen LogP contribution >= 0.6 is 28.8 Å². The Morgan fingerprint density at radius 3 is 2.79 bits per heavy atom. The van der Waals surface area contributed by atoms with E-state index in [9.17, 15) is 14.1 Å². The molecule has 0 bridgehead atoms. The van der Waals surface area contributed by atoms with Gasteiger partial charge in [0.1, 0.15) is 11.3 Å². The van der Waals surface area contributed by atoms with Crippen LogP contribution in [0.3, 0.4) is 0 Å². The van der Waals surface area contributed by atoms with E-state index in [4.69, 9.17) is 9.15 Å². The summed E-state index contributed by atoms with van der Waals surface area (Å²) in [7, 11) is 1.08. The number of aryl methyl sites for hydroxylation is 1. The summed E-state index contributed by atoms with van der Waals surface area (Å²) in [4.78, 5) is 12.5. The van der Waals surface area contributed by atoms with Gasteiger partial charge in [0.2, 0.25) is 0 Å². The Morgan fingerprint density at radius 1 is 1.32 bits per heavy atom. The van der Waals surface area contributed by atoms with Gasteiger partial charge in [-0.05, 0) is 57.5 Å². The average Bonchev–Trinajstić information content (AvgIpc) is 3.04. The lowest BCUT2D eigenvalue weighted by molar-refractivity contribution is -0.133. The average molecular weight is 440 g/mol. The number of ether oxygens (including phenoxy) is 1. The third-order valence-electron chi connectivity index (χ3n) is 4.16. The maximum Gasteiger partial charge on any atom is 0.311 e. The quantitative estimate of drug-likeness (QED) is 0.355. The van der Waals surface area contributed by atoms with E-state index in [0.29, 0.717) is 17.9 Å². The summed E-state index contributed by atoms with van der Waals surface area (Å²) in [5.74, 6) is 0.553. The van der Waals surface area contributed by atoms with Gasteiger partial charge in [-0.3, -0.25) is 4.79 Å². The Kier molecular flexibility index (Phi) is 6.82. The van der Waals surface area contributed by atoms with Crippen LogP contribution in [0.25, 0.3) is 22.3 Å². The predicted octanol–water partition coefficient (Wildman–Crippen LogP) is 6.08. The highest BCUT2D eigenvalue weighted by atomic mass is 32.2. The fraction of sp³-hybridized carbons (Fsp3) is 0.211. The topological polar surface area (TPSA) is 68.9 Å². The fourth-order valence-electron chi connectivity index (χ4n) is 2.88. The van der Waals surface area contributed by atoms with Crippen LogP contribution in [0.15, 0.2) is 45.7 Å². The van der Waals surface area contributed by atoms with E-state index < -0.39 is 14.1 Å². The minimum atomic E-state index is -2.26. The van der Waals surface area contributed by atoms with Gasteiger partial charge in [-0.25, -0.2) is 0 Å². The van der Waals surface area contributed by atoms with Crippen molar-refractivity contribution in [2.75, 3.05) is 13.4 Å². The van der Waals surface area contributed by atoms with Gasteiger partial charge in [0.15, 0.2) is 11.5 Å². The number of hydrogen-bond donors (Lipinski definition) is 1. The molecule has 1 heterocycles. The summed E-state index contributed by atoms with van der Waals surface area (Å²) < 4.78 is 28.6. The zero-order valence-corrected chi connectivity index (χ0v) is 18.1. The highest BCUT2D eigenvalue weighted by Gasteiger charge is 2.18. The first-order valence-corrected chi connectivity index (χ1v) is 12.3. The Bertz CT molecular complexity index is 1010. The van der Waals surface area contributed by atoms with Crippen molar-refractivity contribution < 1.29 is 27.8 Å². The number of phenols is 1. The number of fused-ring (bicyclic) bond motifs is 1. The number of rotatable bonds is 7. The SMILES string of the molecule is COc1cc(-c2oc3ccc(CCC(=O)OP(F)P)cc3c2SC)ccc1O. The highest BCUT2D eigenvalue weighted by Crippen LogP contribution is 2.47. The monoisotopic (exact) mass is 440 g/mol. The van der Waals surface area contributed by atoms with Crippen molar-refractivity contribution in [2.24, 2.45) is 0 Å². The van der Waals surface area contributed by atoms with Crippen molar-refractivity contribution in [2.45, 2.75) is 17.7 Å². The summed E-state index contributed by atoms with van der Waals surface area (Å²) in [6, 6.07) is 10.8. The third kappa shape index (κ3) is 4.60. The minimum absolute atomic E-state index is 0.0599. The largest absolute Gasteiger partial charge is 0.504 e. The van der Waals surface area contributed by atoms with Crippen molar-refractivity contribution in [3.05, 3.63) is 42.0 Å². The number of thioether (sulfide) groups is 1. The van der Waals surface area contributed by atoms with E-state index in [1.54, 1.807) is 30.0 Å². The molecule has 0 spiro atoms. The van der Waals surface area contributed by atoms with Gasteiger partial charge in [0.05, 0.1) is 12.0 Å². The molecule has 5 nitrogen and oxygen atoms in total. The number of methoxy groups -OCH3 is 1. The lowest BCUT2D eigenvalue weighted by Gasteiger charge is -2.06. The molecule has 3 aromatic rings. The van der Waals surface area contributed by atoms with Crippen molar-refractivity contribution in [3.8, 4) is 22.8 Å². The Balaban J connectivity index is 1.93. The molecule has 0 aliphatic heterocycles. The van der Waals surface area contributed by atoms with Gasteiger partial charge in [-0.15, -0.1) is 11.8 Å². The van der Waals surface area contributed by atoms with E-state index in [1.165, 1.54) is 7.11 Å². The normalized spacial score (nSPS) is 12.1. The molecular formula is C19H19FO5P2S. The summed E-state index contributed by atoms with van der Waals surface area (Å²) in [6.45, 7) is 0. The second-order valence-electron chi connectivity index (χ2n) is 5.92. The van der Waals surface area contributed by atoms with Crippen molar-refractivity contribution in [1.29, 1.82) is 0 Å². The molecular weight excluding hydrogens is 421 g/mol. The summed E-state index contributed by atoms with van der Waals surface area (Å²) >= 11 is 1.55. The molecule has 2 aromatic carbocycles. The van der Waals surface area contributed by atoms with Gasteiger partial charge in [0.25, 0.3) is 8.15 Å². The Morgan fingerprint density at radius 2 is 2.11 bits per heavy atom. The molecule has 0 fully saturated rings. The van der Waals surface area contributed by atoms with Gasteiger partial charge in [-0.2, -0.15) is 4.20 Å². The van der Waals surface area contributed by atoms with Gasteiger partial charge in [0, 0.05) is 17.4 Å². The maximum atomic E-state index is 12.8. The second kappa shape index (κ2) is 9.13. The lowest BCUT2D eigenvalue weighted by Crippen LogP contribution is -2.00. The van der Waals surface area contributed by atoms with Crippen LogP contribution in [0.2, 0.25) is 0 Å². The number of phenolic OH excluding ortho intramolecular Hbond substituents is 1. The van der Waals surface area contributed by atoms with E-state index in [2.05, 4.69) is 4.52 Å². The molecule has 9 heteroatoms. The molecule has 1 aromatic heterocycles. The number of carbonyl (C=O) groups excluding carboxylic acids is 1. The van der Waals surface area contributed by atoms with E-state index in [1.807, 2.05) is 33.4 Å². The van der Waals surface area contributed by atoms with E-state index in [0.717, 1.165) is 27.0 Å². The van der Waals surface area contributed by atoms with Crippen molar-refractivity contribution >= 4 is 45.8 Å². The number of aromatic hydroxyl groups is 1. The molecule has 28 heavy (non-hydrogen) atoms. The van der Waals surface area contributed by atoms with E-state index in [-0.39, 0.29) is 12.2 Å². The minimum Gasteiger partial charge on any atom is -0.504 e. The first kappa shape index (κ1) is 20.9. The van der Waals surface area contributed by atoms with E-state index >= 15 is 0 Å². The second-order valence-corrected chi connectivity index (χ2v) is 8.68. The molecule has 0 saturated carbocycles. The number of halogens is 1. The summed E-state index contributed by atoms with van der Waals surface area (Å²) in [5.41, 5.74) is 2.44. The van der Waals surface area contributed by atoms with Crippen LogP contribution in [-0.2, 0) is 15.7 Å². The number of benzene rings is 2. The Hall–Kier alpha value is -1.81. The molecule has 0 amide bonds. The molecule has 1 N–H and O–H groups in total. The molecule has 0 aliphatic carbocycles. The maximum absolute atomic E-state index is 12.8. The molecule has 0 aliphatic rings. The molecule has 2 atom stereocenters. The molecule has 2 unspecified atom stereocenters. The van der Waals surface area contributed by atoms with Gasteiger partial charge < -0.3 is 18.8 Å². The first-order chi connectivity index (χ1) is 13.4. The number of hydrogen-bond acceptors (Lipinski definition) is 6. The molecule has 148 valence electrons. The standard InChI is InChI=1S/C19H19FO5P2S/c1-23-16-10-12(5-6-14(16)21)18-19(28-2)13-9-11(3-7-15(13)24-18)4-8-17(22)25-27(20)26/h3,5-7,9-10,21H,4,8,26H2,1-2H3. The predicted molar refractivity (Wildman–Crippen MR) is 114 cm³/mol. The zero-order valence-electron chi connectivity index (χ0n) is 15.3. The van der Waals surface area contributed by atoms with Crippen LogP contribution in [0.4, 0.5) is 4.20 Å². The van der Waals surface area contributed by atoms with Crippen molar-refractivity contribution in [3.63, 3.8) is 0 Å². The molecule has 3 rings (SSSR count). The lowest BCUT2D eigenvalue weighted by atomic mass is 10.1. The zero-order chi connectivity index (χ0) is 20.3. The van der Waals surface area contributed by atoms with Gasteiger partial charge >= 0.3 is 5.97 Å². The number of carbonyl (C=O) groups is 1. The van der Waals surface area contributed by atoms with Crippen LogP contribution in [0, 0.1) is 0 Å². The van der Waals surface area contributed by atoms with Gasteiger partial charge in [-0.1, -0.05) is 6.07 Å². The smallest absolute Gasteiger partial charge is 0.311 e. The highest BCUT2D eigenvalue weighted by molar-refractivity contribution is 8.08. The van der Waals surface area contributed by atoms with Crippen LogP contribution in [0.5, 0.6) is 11.5 Å². The summed E-state index contributed by atoms with van der Waals surface area (Å²) in [6.07, 6.45) is 2.51. The first-order valence-electron chi connectivity index (χ1n) is 8.31. The van der Waals surface area contributed by atoms with Crippen LogP contribution < -0.4 is 4.74 Å². The molecule has 0 radical (unpaired) electrons. The van der Waals surface area contributed by atoms with Crippen LogP contribution in [0.1, 0.15) is 12.0 Å². The summed E-state index contributed by atoms with van der Waals surface area (Å²) in [5, 5.41) is 10.8. The number of furan rings is 1. The fourth-order valence-corrected chi connectivity index (χ4v) is 4.24. The van der Waals surface area contributed by atoms with Crippen molar-refractivity contribution in [1.82, 2.24) is 0 Å². The van der Waals surface area contributed by atoms with Crippen LogP contribution in [-0.4, -0.2) is 24.4 Å². The molecule has 0 saturated heterocycles.